The molecule has 1 rings (SSSR count). The second kappa shape index (κ2) is 7.07. The van der Waals surface area contributed by atoms with E-state index in [2.05, 4.69) is 11.8 Å². The molecule has 0 saturated heterocycles. The van der Waals surface area contributed by atoms with Gasteiger partial charge < -0.3 is 14.7 Å². The van der Waals surface area contributed by atoms with E-state index in [4.69, 9.17) is 9.84 Å². The normalized spacial score (nSPS) is 9.59. The Balaban J connectivity index is 2.66. The van der Waals surface area contributed by atoms with Gasteiger partial charge in [0, 0.05) is 26.1 Å². The number of amides is 1. The molecule has 5 heteroatoms. The Labute approximate surface area is 105 Å². The molecule has 0 aliphatic rings. The van der Waals surface area contributed by atoms with E-state index in [1.807, 2.05) is 0 Å². The number of hydrogen-bond acceptors (Lipinski definition) is 4. The molecule has 1 aromatic heterocycles. The fraction of sp³-hybridized carbons (Fsp3) is 0.417. The van der Waals surface area contributed by atoms with E-state index in [-0.39, 0.29) is 12.5 Å². The monoisotopic (exact) mass is 253 g/mol. The molecule has 92 valence electrons. The summed E-state index contributed by atoms with van der Waals surface area (Å²) in [7, 11) is 3.34. The van der Waals surface area contributed by atoms with Crippen molar-refractivity contribution in [2.75, 3.05) is 33.9 Å². The summed E-state index contributed by atoms with van der Waals surface area (Å²) in [4.78, 5) is 14.3. The number of hydrogen-bond donors (Lipinski definition) is 1. The number of likely N-dealkylation sites (N-methyl/N-ethyl adjacent to an activating group) is 1. The first-order valence-electron chi connectivity index (χ1n) is 5.11. The van der Waals surface area contributed by atoms with Gasteiger partial charge in [0.25, 0.3) is 5.91 Å². The van der Waals surface area contributed by atoms with Crippen molar-refractivity contribution < 1.29 is 14.6 Å². The summed E-state index contributed by atoms with van der Waals surface area (Å²) >= 11 is 1.40. The Hall–Kier alpha value is -1.35. The minimum atomic E-state index is -0.172. The number of nitrogens with zero attached hydrogens (tertiary/aromatic N) is 1. The second-order valence-corrected chi connectivity index (χ2v) is 4.29. The number of methoxy groups -OCH3 is 1. The number of thiophene rings is 1. The molecule has 0 aliphatic carbocycles. The lowest BCUT2D eigenvalue weighted by Gasteiger charge is -2.15. The maximum absolute atomic E-state index is 11.9. The maximum Gasteiger partial charge on any atom is 0.254 e. The predicted molar refractivity (Wildman–Crippen MR) is 67.1 cm³/mol. The van der Waals surface area contributed by atoms with Gasteiger partial charge in [-0.15, -0.1) is 11.3 Å². The summed E-state index contributed by atoms with van der Waals surface area (Å²) in [5, 5.41) is 10.3. The van der Waals surface area contributed by atoms with Crippen LogP contribution in [-0.2, 0) is 4.74 Å². The standard InChI is InChI=1S/C12H15NO3S/c1-13(5-7-16-2)12(15)10-8-11(17-9-10)4-3-6-14/h8-9,14H,5-7H2,1-2H3. The summed E-state index contributed by atoms with van der Waals surface area (Å²) in [5.74, 6) is 5.28. The van der Waals surface area contributed by atoms with Crippen LogP contribution in [0.3, 0.4) is 0 Å². The number of aliphatic hydroxyl groups is 1. The highest BCUT2D eigenvalue weighted by Crippen LogP contribution is 2.15. The van der Waals surface area contributed by atoms with Gasteiger partial charge in [0.1, 0.15) is 6.61 Å². The predicted octanol–water partition coefficient (Wildman–Crippen LogP) is 0.810. The lowest BCUT2D eigenvalue weighted by atomic mass is 10.2. The van der Waals surface area contributed by atoms with E-state index in [9.17, 15) is 4.79 Å². The van der Waals surface area contributed by atoms with Gasteiger partial charge in [-0.2, -0.15) is 0 Å². The molecular weight excluding hydrogens is 238 g/mol. The van der Waals surface area contributed by atoms with Crippen molar-refractivity contribution in [1.29, 1.82) is 0 Å². The van der Waals surface area contributed by atoms with E-state index in [1.165, 1.54) is 11.3 Å². The third kappa shape index (κ3) is 4.19. The molecule has 0 fully saturated rings. The van der Waals surface area contributed by atoms with Crippen LogP contribution in [0.4, 0.5) is 0 Å². The van der Waals surface area contributed by atoms with Crippen LogP contribution in [0.2, 0.25) is 0 Å². The van der Waals surface area contributed by atoms with Crippen LogP contribution in [0.25, 0.3) is 0 Å². The van der Waals surface area contributed by atoms with Gasteiger partial charge in [0.05, 0.1) is 17.0 Å². The molecule has 1 N–H and O–H groups in total. The van der Waals surface area contributed by atoms with Crippen LogP contribution in [0.5, 0.6) is 0 Å². The Morgan fingerprint density at radius 1 is 1.65 bits per heavy atom. The van der Waals surface area contributed by atoms with Crippen molar-refractivity contribution in [3.05, 3.63) is 21.9 Å². The molecular formula is C12H15NO3S. The molecule has 4 nitrogen and oxygen atoms in total. The quantitative estimate of drug-likeness (QED) is 0.808. The largest absolute Gasteiger partial charge is 0.384 e. The molecule has 17 heavy (non-hydrogen) atoms. The highest BCUT2D eigenvalue weighted by molar-refractivity contribution is 7.10. The van der Waals surface area contributed by atoms with E-state index in [0.29, 0.717) is 18.7 Å². The van der Waals surface area contributed by atoms with Crippen LogP contribution in [0.15, 0.2) is 11.4 Å². The first kappa shape index (κ1) is 13.7. The molecule has 1 heterocycles. The highest BCUT2D eigenvalue weighted by Gasteiger charge is 2.12. The lowest BCUT2D eigenvalue weighted by Crippen LogP contribution is -2.29. The zero-order valence-electron chi connectivity index (χ0n) is 9.90. The Morgan fingerprint density at radius 2 is 2.41 bits per heavy atom. The number of carbonyl (C=O) groups is 1. The van der Waals surface area contributed by atoms with Crippen LogP contribution in [0, 0.1) is 11.8 Å². The zero-order valence-corrected chi connectivity index (χ0v) is 10.7. The summed E-state index contributed by atoms with van der Waals surface area (Å²) in [6.45, 7) is 0.904. The lowest BCUT2D eigenvalue weighted by molar-refractivity contribution is 0.0745. The number of carbonyl (C=O) groups excluding carboxylic acids is 1. The van der Waals surface area contributed by atoms with Gasteiger partial charge in [0.15, 0.2) is 0 Å². The molecule has 0 spiro atoms. The molecule has 1 amide bonds. The Bertz CT molecular complexity index is 430. The van der Waals surface area contributed by atoms with Crippen molar-refractivity contribution in [3.63, 3.8) is 0 Å². The third-order valence-corrected chi connectivity index (χ3v) is 2.96. The zero-order chi connectivity index (χ0) is 12.7. The molecule has 1 aromatic rings. The molecule has 0 aliphatic heterocycles. The SMILES string of the molecule is COCCN(C)C(=O)c1csc(C#CCO)c1. The summed E-state index contributed by atoms with van der Waals surface area (Å²) < 4.78 is 4.92. The molecule has 0 atom stereocenters. The Morgan fingerprint density at radius 3 is 3.06 bits per heavy atom. The fourth-order valence-electron chi connectivity index (χ4n) is 1.19. The van der Waals surface area contributed by atoms with Gasteiger partial charge in [-0.1, -0.05) is 11.8 Å². The minimum absolute atomic E-state index is 0.0460. The van der Waals surface area contributed by atoms with Crippen LogP contribution in [0.1, 0.15) is 15.2 Å². The summed E-state index contributed by atoms with van der Waals surface area (Å²) in [6.07, 6.45) is 0. The van der Waals surface area contributed by atoms with Crippen LogP contribution >= 0.6 is 11.3 Å². The molecule has 0 aromatic carbocycles. The first-order chi connectivity index (χ1) is 8.19. The molecule has 0 unspecified atom stereocenters. The van der Waals surface area contributed by atoms with Crippen LogP contribution in [-0.4, -0.2) is 49.8 Å². The third-order valence-electron chi connectivity index (χ3n) is 2.11. The van der Waals surface area contributed by atoms with Gasteiger partial charge in [-0.25, -0.2) is 0 Å². The van der Waals surface area contributed by atoms with E-state index in [1.54, 1.807) is 30.5 Å². The smallest absolute Gasteiger partial charge is 0.254 e. The second-order valence-electron chi connectivity index (χ2n) is 3.38. The van der Waals surface area contributed by atoms with Crippen LogP contribution < -0.4 is 0 Å². The number of aliphatic hydroxyl groups excluding tert-OH is 1. The van der Waals surface area contributed by atoms with E-state index in [0.717, 1.165) is 4.88 Å². The minimum Gasteiger partial charge on any atom is -0.384 e. The van der Waals surface area contributed by atoms with E-state index >= 15 is 0 Å². The number of rotatable bonds is 4. The van der Waals surface area contributed by atoms with Crippen molar-refractivity contribution in [1.82, 2.24) is 4.90 Å². The topological polar surface area (TPSA) is 49.8 Å². The first-order valence-corrected chi connectivity index (χ1v) is 5.99. The summed E-state index contributed by atoms with van der Waals surface area (Å²) in [5.41, 5.74) is 0.621. The molecule has 0 bridgehead atoms. The van der Waals surface area contributed by atoms with Crippen molar-refractivity contribution >= 4 is 17.2 Å². The summed E-state index contributed by atoms with van der Waals surface area (Å²) in [6, 6.07) is 1.74. The average Bonchev–Trinajstić information content (AvgIpc) is 2.81. The van der Waals surface area contributed by atoms with Crippen molar-refractivity contribution in [2.24, 2.45) is 0 Å². The average molecular weight is 253 g/mol. The highest BCUT2D eigenvalue weighted by atomic mass is 32.1. The Kier molecular flexibility index (Phi) is 5.70. The van der Waals surface area contributed by atoms with Gasteiger partial charge >= 0.3 is 0 Å². The van der Waals surface area contributed by atoms with E-state index < -0.39 is 0 Å². The van der Waals surface area contributed by atoms with Crippen molar-refractivity contribution in [2.45, 2.75) is 0 Å². The fourth-order valence-corrected chi connectivity index (χ4v) is 1.94. The molecule has 0 radical (unpaired) electrons. The number of ether oxygens (including phenoxy) is 1. The maximum atomic E-state index is 11.9. The van der Waals surface area contributed by atoms with Gasteiger partial charge in [-0.3, -0.25) is 4.79 Å². The van der Waals surface area contributed by atoms with Crippen molar-refractivity contribution in [3.8, 4) is 11.8 Å². The molecule has 0 saturated carbocycles. The van der Waals surface area contributed by atoms with Gasteiger partial charge in [0.2, 0.25) is 0 Å². The van der Waals surface area contributed by atoms with Gasteiger partial charge in [-0.05, 0) is 6.07 Å².